The SMILES string of the molecule is CCCCOc1ccc(CC(=O)OCC)cc1. The molecule has 0 radical (unpaired) electrons. The predicted molar refractivity (Wildman–Crippen MR) is 67.2 cm³/mol. The molecule has 0 atom stereocenters. The van der Waals surface area contributed by atoms with Crippen molar-refractivity contribution in [1.82, 2.24) is 0 Å². The first-order chi connectivity index (χ1) is 8.26. The second kappa shape index (κ2) is 7.71. The topological polar surface area (TPSA) is 35.5 Å². The van der Waals surface area contributed by atoms with Gasteiger partial charge in [-0.3, -0.25) is 4.79 Å². The number of carbonyl (C=O) groups excluding carboxylic acids is 1. The second-order valence-electron chi connectivity index (χ2n) is 3.83. The smallest absolute Gasteiger partial charge is 0.310 e. The Bertz CT molecular complexity index is 330. The first-order valence-corrected chi connectivity index (χ1v) is 6.13. The molecule has 17 heavy (non-hydrogen) atoms. The number of esters is 1. The lowest BCUT2D eigenvalue weighted by Gasteiger charge is -2.06. The van der Waals surface area contributed by atoms with E-state index in [1.54, 1.807) is 0 Å². The van der Waals surface area contributed by atoms with Gasteiger partial charge in [-0.25, -0.2) is 0 Å². The summed E-state index contributed by atoms with van der Waals surface area (Å²) in [4.78, 5) is 11.3. The molecule has 0 heterocycles. The lowest BCUT2D eigenvalue weighted by molar-refractivity contribution is -0.142. The molecule has 0 saturated carbocycles. The van der Waals surface area contributed by atoms with Crippen LogP contribution in [0.2, 0.25) is 0 Å². The fourth-order valence-corrected chi connectivity index (χ4v) is 1.42. The van der Waals surface area contributed by atoms with E-state index in [0.29, 0.717) is 13.0 Å². The Morgan fingerprint density at radius 2 is 1.88 bits per heavy atom. The first kappa shape index (κ1) is 13.6. The molecule has 3 heteroatoms. The summed E-state index contributed by atoms with van der Waals surface area (Å²) in [5.41, 5.74) is 0.950. The van der Waals surface area contributed by atoms with Crippen LogP contribution in [0.4, 0.5) is 0 Å². The van der Waals surface area contributed by atoms with Crippen molar-refractivity contribution in [2.24, 2.45) is 0 Å². The number of benzene rings is 1. The number of rotatable bonds is 7. The molecule has 1 aromatic rings. The van der Waals surface area contributed by atoms with Gasteiger partial charge in [0.1, 0.15) is 5.75 Å². The lowest BCUT2D eigenvalue weighted by Crippen LogP contribution is -2.07. The molecule has 0 saturated heterocycles. The van der Waals surface area contributed by atoms with E-state index in [-0.39, 0.29) is 5.97 Å². The van der Waals surface area contributed by atoms with E-state index in [0.717, 1.165) is 30.8 Å². The van der Waals surface area contributed by atoms with Crippen LogP contribution in [0.15, 0.2) is 24.3 Å². The van der Waals surface area contributed by atoms with Gasteiger partial charge in [-0.2, -0.15) is 0 Å². The van der Waals surface area contributed by atoms with Gasteiger partial charge in [0.15, 0.2) is 0 Å². The summed E-state index contributed by atoms with van der Waals surface area (Å²) in [6.07, 6.45) is 2.51. The van der Waals surface area contributed by atoms with Crippen LogP contribution < -0.4 is 4.74 Å². The Kier molecular flexibility index (Phi) is 6.15. The Balaban J connectivity index is 2.41. The highest BCUT2D eigenvalue weighted by Crippen LogP contribution is 2.13. The molecule has 1 rings (SSSR count). The van der Waals surface area contributed by atoms with E-state index >= 15 is 0 Å². The number of hydrogen-bond donors (Lipinski definition) is 0. The fraction of sp³-hybridized carbons (Fsp3) is 0.500. The standard InChI is InChI=1S/C14H20O3/c1-3-5-10-17-13-8-6-12(7-9-13)11-14(15)16-4-2/h6-9H,3-5,10-11H2,1-2H3. The van der Waals surface area contributed by atoms with Gasteiger partial charge in [0.25, 0.3) is 0 Å². The van der Waals surface area contributed by atoms with E-state index < -0.39 is 0 Å². The number of unbranched alkanes of at least 4 members (excludes halogenated alkanes) is 1. The van der Waals surface area contributed by atoms with Crippen LogP contribution in [0.1, 0.15) is 32.3 Å². The zero-order valence-electron chi connectivity index (χ0n) is 10.6. The summed E-state index contributed by atoms with van der Waals surface area (Å²) in [5.74, 6) is 0.665. The summed E-state index contributed by atoms with van der Waals surface area (Å²) in [6.45, 7) is 5.11. The predicted octanol–water partition coefficient (Wildman–Crippen LogP) is 2.97. The third kappa shape index (κ3) is 5.38. The van der Waals surface area contributed by atoms with Crippen molar-refractivity contribution >= 4 is 5.97 Å². The molecule has 0 N–H and O–H groups in total. The maximum Gasteiger partial charge on any atom is 0.310 e. The van der Waals surface area contributed by atoms with E-state index in [2.05, 4.69) is 6.92 Å². The van der Waals surface area contributed by atoms with Crippen LogP contribution >= 0.6 is 0 Å². The zero-order chi connectivity index (χ0) is 12.5. The van der Waals surface area contributed by atoms with E-state index in [4.69, 9.17) is 9.47 Å². The third-order valence-electron chi connectivity index (χ3n) is 2.34. The molecule has 0 aromatic heterocycles. The third-order valence-corrected chi connectivity index (χ3v) is 2.34. The summed E-state index contributed by atoms with van der Waals surface area (Å²) < 4.78 is 10.4. The van der Waals surface area contributed by atoms with Crippen molar-refractivity contribution in [2.45, 2.75) is 33.1 Å². The highest BCUT2D eigenvalue weighted by atomic mass is 16.5. The van der Waals surface area contributed by atoms with Gasteiger partial charge >= 0.3 is 5.97 Å². The second-order valence-corrected chi connectivity index (χ2v) is 3.83. The molecular formula is C14H20O3. The largest absolute Gasteiger partial charge is 0.494 e. The van der Waals surface area contributed by atoms with Crippen LogP contribution in [0.25, 0.3) is 0 Å². The number of ether oxygens (including phenoxy) is 2. The zero-order valence-corrected chi connectivity index (χ0v) is 10.6. The van der Waals surface area contributed by atoms with Gasteiger partial charge in [-0.05, 0) is 31.0 Å². The Morgan fingerprint density at radius 3 is 2.47 bits per heavy atom. The minimum absolute atomic E-state index is 0.188. The van der Waals surface area contributed by atoms with Crippen LogP contribution in [-0.4, -0.2) is 19.2 Å². The van der Waals surface area contributed by atoms with Crippen LogP contribution in [-0.2, 0) is 16.0 Å². The highest BCUT2D eigenvalue weighted by Gasteiger charge is 2.03. The Hall–Kier alpha value is -1.51. The van der Waals surface area contributed by atoms with E-state index in [1.807, 2.05) is 31.2 Å². The van der Waals surface area contributed by atoms with Gasteiger partial charge in [0.05, 0.1) is 19.6 Å². The average Bonchev–Trinajstić information content (AvgIpc) is 2.32. The molecule has 0 amide bonds. The monoisotopic (exact) mass is 236 g/mol. The molecule has 3 nitrogen and oxygen atoms in total. The molecule has 0 aliphatic rings. The van der Waals surface area contributed by atoms with Gasteiger partial charge in [0.2, 0.25) is 0 Å². The highest BCUT2D eigenvalue weighted by molar-refractivity contribution is 5.72. The summed E-state index contributed by atoms with van der Waals surface area (Å²) in [6, 6.07) is 7.59. The molecule has 1 aromatic carbocycles. The minimum Gasteiger partial charge on any atom is -0.494 e. The molecule has 0 spiro atoms. The van der Waals surface area contributed by atoms with E-state index in [1.165, 1.54) is 0 Å². The molecular weight excluding hydrogens is 216 g/mol. The summed E-state index contributed by atoms with van der Waals surface area (Å²) in [7, 11) is 0. The molecule has 0 fully saturated rings. The normalized spacial score (nSPS) is 10.0. The van der Waals surface area contributed by atoms with Crippen molar-refractivity contribution in [3.05, 3.63) is 29.8 Å². The van der Waals surface area contributed by atoms with Crippen molar-refractivity contribution < 1.29 is 14.3 Å². The fourth-order valence-electron chi connectivity index (χ4n) is 1.42. The molecule has 0 aliphatic heterocycles. The minimum atomic E-state index is -0.188. The molecule has 0 bridgehead atoms. The van der Waals surface area contributed by atoms with Crippen molar-refractivity contribution in [3.63, 3.8) is 0 Å². The van der Waals surface area contributed by atoms with Gasteiger partial charge in [-0.15, -0.1) is 0 Å². The van der Waals surface area contributed by atoms with Gasteiger partial charge in [-0.1, -0.05) is 25.5 Å². The summed E-state index contributed by atoms with van der Waals surface area (Å²) in [5, 5.41) is 0. The summed E-state index contributed by atoms with van der Waals surface area (Å²) >= 11 is 0. The van der Waals surface area contributed by atoms with Crippen LogP contribution in [0.5, 0.6) is 5.75 Å². The van der Waals surface area contributed by atoms with Crippen molar-refractivity contribution in [1.29, 1.82) is 0 Å². The molecule has 94 valence electrons. The Morgan fingerprint density at radius 1 is 1.18 bits per heavy atom. The maximum atomic E-state index is 11.3. The molecule has 0 aliphatic carbocycles. The van der Waals surface area contributed by atoms with Crippen molar-refractivity contribution in [3.8, 4) is 5.75 Å². The van der Waals surface area contributed by atoms with Crippen LogP contribution in [0.3, 0.4) is 0 Å². The van der Waals surface area contributed by atoms with Crippen molar-refractivity contribution in [2.75, 3.05) is 13.2 Å². The Labute approximate surface area is 103 Å². The average molecular weight is 236 g/mol. The van der Waals surface area contributed by atoms with Gasteiger partial charge in [0, 0.05) is 0 Å². The van der Waals surface area contributed by atoms with Gasteiger partial charge < -0.3 is 9.47 Å². The molecule has 0 unspecified atom stereocenters. The lowest BCUT2D eigenvalue weighted by atomic mass is 10.1. The first-order valence-electron chi connectivity index (χ1n) is 6.13. The maximum absolute atomic E-state index is 11.3. The van der Waals surface area contributed by atoms with Crippen LogP contribution in [0, 0.1) is 0 Å². The van der Waals surface area contributed by atoms with E-state index in [9.17, 15) is 4.79 Å². The quantitative estimate of drug-likeness (QED) is 0.539. The number of hydrogen-bond acceptors (Lipinski definition) is 3. The number of carbonyl (C=O) groups is 1.